The fraction of sp³-hybridized carbons (Fsp3) is 0.467. The summed E-state index contributed by atoms with van der Waals surface area (Å²) in [5.74, 6) is -0.703. The molecule has 1 aliphatic rings. The van der Waals surface area contributed by atoms with Crippen molar-refractivity contribution in [3.8, 4) is 0 Å². The second kappa shape index (κ2) is 6.95. The van der Waals surface area contributed by atoms with Gasteiger partial charge >= 0.3 is 6.09 Å². The van der Waals surface area contributed by atoms with Crippen LogP contribution >= 0.6 is 0 Å². The molecule has 1 aromatic carbocycles. The van der Waals surface area contributed by atoms with Gasteiger partial charge in [0, 0.05) is 4.91 Å². The van der Waals surface area contributed by atoms with E-state index in [1.807, 2.05) is 30.3 Å². The quantitative estimate of drug-likeness (QED) is 0.475. The summed E-state index contributed by atoms with van der Waals surface area (Å²) in [4.78, 5) is 28.2. The molecule has 1 aromatic rings. The number of cyclic esters (lactones) is 1. The molecule has 0 N–H and O–H groups in total. The van der Waals surface area contributed by atoms with Crippen molar-refractivity contribution in [2.24, 2.45) is 11.0 Å². The SMILES string of the molecule is CC(C)[C@@H](N=[N+]=[N-])C(=O)N1C(=O)OC[C@@H]1Cc1ccccc1. The molecule has 0 aliphatic carbocycles. The Morgan fingerprint density at radius 3 is 2.73 bits per heavy atom. The fourth-order valence-corrected chi connectivity index (χ4v) is 2.43. The molecule has 1 saturated heterocycles. The maximum atomic E-state index is 12.5. The third-order valence-electron chi connectivity index (χ3n) is 3.57. The topological polar surface area (TPSA) is 95.4 Å². The van der Waals surface area contributed by atoms with Gasteiger partial charge in [0.2, 0.25) is 5.91 Å². The maximum Gasteiger partial charge on any atom is 0.416 e. The van der Waals surface area contributed by atoms with E-state index in [9.17, 15) is 9.59 Å². The fourth-order valence-electron chi connectivity index (χ4n) is 2.43. The summed E-state index contributed by atoms with van der Waals surface area (Å²) in [5, 5.41) is 3.53. The van der Waals surface area contributed by atoms with Crippen LogP contribution in [-0.4, -0.2) is 35.6 Å². The number of imide groups is 1. The number of ether oxygens (including phenoxy) is 1. The predicted octanol–water partition coefficient (Wildman–Crippen LogP) is 2.91. The van der Waals surface area contributed by atoms with Crippen molar-refractivity contribution in [2.75, 3.05) is 6.61 Å². The first-order valence-electron chi connectivity index (χ1n) is 7.12. The Kier molecular flexibility index (Phi) is 5.01. The number of azide groups is 1. The summed E-state index contributed by atoms with van der Waals surface area (Å²) in [7, 11) is 0. The molecule has 116 valence electrons. The minimum absolute atomic E-state index is 0.153. The highest BCUT2D eigenvalue weighted by molar-refractivity contribution is 5.96. The van der Waals surface area contributed by atoms with E-state index in [4.69, 9.17) is 10.3 Å². The van der Waals surface area contributed by atoms with Gasteiger partial charge in [0.15, 0.2) is 0 Å². The number of benzene rings is 1. The lowest BCUT2D eigenvalue weighted by Gasteiger charge is -2.24. The van der Waals surface area contributed by atoms with Crippen molar-refractivity contribution in [2.45, 2.75) is 32.4 Å². The Balaban J connectivity index is 2.20. The molecule has 7 nitrogen and oxygen atoms in total. The average molecular weight is 302 g/mol. The lowest BCUT2D eigenvalue weighted by atomic mass is 10.0. The van der Waals surface area contributed by atoms with E-state index < -0.39 is 18.0 Å². The molecule has 2 atom stereocenters. The van der Waals surface area contributed by atoms with Crippen LogP contribution in [-0.2, 0) is 16.0 Å². The second-order valence-electron chi connectivity index (χ2n) is 5.52. The molecule has 0 aromatic heterocycles. The third kappa shape index (κ3) is 3.38. The summed E-state index contributed by atoms with van der Waals surface area (Å²) >= 11 is 0. The van der Waals surface area contributed by atoms with Gasteiger partial charge in [-0.15, -0.1) is 0 Å². The molecule has 0 spiro atoms. The van der Waals surface area contributed by atoms with Gasteiger partial charge in [0.1, 0.15) is 12.6 Å². The zero-order valence-corrected chi connectivity index (χ0v) is 12.5. The summed E-state index contributed by atoms with van der Waals surface area (Å²) in [6.07, 6.45) is -0.163. The van der Waals surface area contributed by atoms with Crippen molar-refractivity contribution in [3.05, 3.63) is 46.3 Å². The number of amides is 2. The van der Waals surface area contributed by atoms with Gasteiger partial charge in [0.05, 0.1) is 6.04 Å². The molecule has 2 rings (SSSR count). The van der Waals surface area contributed by atoms with Crippen molar-refractivity contribution >= 4 is 12.0 Å². The van der Waals surface area contributed by atoms with Crippen molar-refractivity contribution in [1.29, 1.82) is 0 Å². The normalized spacial score (nSPS) is 18.8. The molecule has 0 unspecified atom stereocenters. The van der Waals surface area contributed by atoms with Crippen LogP contribution in [0.3, 0.4) is 0 Å². The zero-order chi connectivity index (χ0) is 16.1. The van der Waals surface area contributed by atoms with Crippen LogP contribution < -0.4 is 0 Å². The molecule has 0 saturated carbocycles. The minimum Gasteiger partial charge on any atom is -0.447 e. The van der Waals surface area contributed by atoms with E-state index >= 15 is 0 Å². The highest BCUT2D eigenvalue weighted by Gasteiger charge is 2.41. The first-order chi connectivity index (χ1) is 10.5. The number of rotatable bonds is 5. The molecule has 1 heterocycles. The molecule has 7 heteroatoms. The summed E-state index contributed by atoms with van der Waals surface area (Å²) in [5.41, 5.74) is 9.62. The summed E-state index contributed by atoms with van der Waals surface area (Å²) in [6.45, 7) is 3.69. The van der Waals surface area contributed by atoms with Gasteiger partial charge in [-0.05, 0) is 23.4 Å². The van der Waals surface area contributed by atoms with Crippen molar-refractivity contribution in [3.63, 3.8) is 0 Å². The van der Waals surface area contributed by atoms with Crippen LogP contribution in [0.2, 0.25) is 0 Å². The lowest BCUT2D eigenvalue weighted by molar-refractivity contribution is -0.131. The Hall–Kier alpha value is -2.53. The number of carbonyl (C=O) groups is 2. The molecule has 1 fully saturated rings. The van der Waals surface area contributed by atoms with Gasteiger partial charge in [0.25, 0.3) is 0 Å². The van der Waals surface area contributed by atoms with E-state index in [1.54, 1.807) is 13.8 Å². The van der Waals surface area contributed by atoms with E-state index in [1.165, 1.54) is 0 Å². The number of nitrogens with zero attached hydrogens (tertiary/aromatic N) is 4. The second-order valence-corrected chi connectivity index (χ2v) is 5.52. The largest absolute Gasteiger partial charge is 0.447 e. The highest BCUT2D eigenvalue weighted by atomic mass is 16.6. The third-order valence-corrected chi connectivity index (χ3v) is 3.57. The summed E-state index contributed by atoms with van der Waals surface area (Å²) < 4.78 is 5.01. The molecule has 0 radical (unpaired) electrons. The average Bonchev–Trinajstić information content (AvgIpc) is 2.85. The van der Waals surface area contributed by atoms with Crippen LogP contribution in [0.4, 0.5) is 4.79 Å². The van der Waals surface area contributed by atoms with E-state index in [0.717, 1.165) is 10.5 Å². The van der Waals surface area contributed by atoms with Gasteiger partial charge in [-0.1, -0.05) is 49.3 Å². The van der Waals surface area contributed by atoms with Crippen molar-refractivity contribution < 1.29 is 14.3 Å². The van der Waals surface area contributed by atoms with Gasteiger partial charge in [-0.2, -0.15) is 0 Å². The maximum absolute atomic E-state index is 12.5. The zero-order valence-electron chi connectivity index (χ0n) is 12.5. The number of carbonyl (C=O) groups excluding carboxylic acids is 2. The van der Waals surface area contributed by atoms with Crippen LogP contribution in [0, 0.1) is 5.92 Å². The van der Waals surface area contributed by atoms with Crippen LogP contribution in [0.25, 0.3) is 10.4 Å². The Morgan fingerprint density at radius 2 is 2.14 bits per heavy atom. The smallest absolute Gasteiger partial charge is 0.416 e. The van der Waals surface area contributed by atoms with Crippen LogP contribution in [0.1, 0.15) is 19.4 Å². The molecule has 2 amide bonds. The van der Waals surface area contributed by atoms with Crippen LogP contribution in [0.15, 0.2) is 35.4 Å². The Labute approximate surface area is 128 Å². The van der Waals surface area contributed by atoms with Crippen LogP contribution in [0.5, 0.6) is 0 Å². The standard InChI is InChI=1S/C15H18N4O3/c1-10(2)13(17-18-16)14(20)19-12(9-22-15(19)21)8-11-6-4-3-5-7-11/h3-7,10,12-13H,8-9H2,1-2H3/t12-,13+/m0/s1. The van der Waals surface area contributed by atoms with E-state index in [-0.39, 0.29) is 18.6 Å². The first kappa shape index (κ1) is 15.9. The minimum atomic E-state index is -0.908. The monoisotopic (exact) mass is 302 g/mol. The number of hydrogen-bond acceptors (Lipinski definition) is 4. The molecule has 0 bridgehead atoms. The molecular formula is C15H18N4O3. The lowest BCUT2D eigenvalue weighted by Crippen LogP contribution is -2.46. The summed E-state index contributed by atoms with van der Waals surface area (Å²) in [6, 6.07) is 8.27. The highest BCUT2D eigenvalue weighted by Crippen LogP contribution is 2.21. The number of hydrogen-bond donors (Lipinski definition) is 0. The van der Waals surface area contributed by atoms with Gasteiger partial charge in [-0.3, -0.25) is 4.79 Å². The molecule has 1 aliphatic heterocycles. The molecule has 22 heavy (non-hydrogen) atoms. The van der Waals surface area contributed by atoms with Crippen molar-refractivity contribution in [1.82, 2.24) is 4.90 Å². The van der Waals surface area contributed by atoms with E-state index in [2.05, 4.69) is 10.0 Å². The first-order valence-corrected chi connectivity index (χ1v) is 7.12. The van der Waals surface area contributed by atoms with Gasteiger partial charge < -0.3 is 4.74 Å². The Morgan fingerprint density at radius 1 is 1.45 bits per heavy atom. The van der Waals surface area contributed by atoms with Gasteiger partial charge in [-0.25, -0.2) is 9.69 Å². The molecular weight excluding hydrogens is 284 g/mol. The van der Waals surface area contributed by atoms with E-state index in [0.29, 0.717) is 6.42 Å². The Bertz CT molecular complexity index is 596. The predicted molar refractivity (Wildman–Crippen MR) is 79.9 cm³/mol.